The summed E-state index contributed by atoms with van der Waals surface area (Å²) in [6.45, 7) is 1.42. The van der Waals surface area contributed by atoms with Gasteiger partial charge in [-0.3, -0.25) is 4.98 Å². The van der Waals surface area contributed by atoms with E-state index >= 15 is 0 Å². The number of aliphatic imine (C=N–C) groups is 1. The highest BCUT2D eigenvalue weighted by atomic mass is 127. The second-order valence-corrected chi connectivity index (χ2v) is 4.78. The molecule has 18 heavy (non-hydrogen) atoms. The largest absolute Gasteiger partial charge is 0.370 e. The lowest BCUT2D eigenvalue weighted by molar-refractivity contribution is 0.315. The van der Waals surface area contributed by atoms with E-state index in [1.54, 1.807) is 12.3 Å². The molecule has 1 aliphatic rings. The quantitative estimate of drug-likeness (QED) is 0.479. The van der Waals surface area contributed by atoms with Gasteiger partial charge in [-0.1, -0.05) is 18.0 Å². The maximum atomic E-state index is 5.76. The smallest absolute Gasteiger partial charge is 0.188 e. The third-order valence-corrected chi connectivity index (χ3v) is 3.22. The number of guanidine groups is 1. The van der Waals surface area contributed by atoms with E-state index in [0.717, 1.165) is 18.2 Å². The maximum absolute atomic E-state index is 5.76. The van der Waals surface area contributed by atoms with Crippen molar-refractivity contribution in [3.8, 4) is 0 Å². The van der Waals surface area contributed by atoms with Crippen molar-refractivity contribution >= 4 is 41.5 Å². The molecule has 0 bridgehead atoms. The number of hydrogen-bond donors (Lipinski definition) is 2. The molecule has 1 heterocycles. The second-order valence-electron chi connectivity index (χ2n) is 4.35. The van der Waals surface area contributed by atoms with E-state index in [2.05, 4.69) is 15.3 Å². The summed E-state index contributed by atoms with van der Waals surface area (Å²) < 4.78 is 0. The first-order valence-electron chi connectivity index (χ1n) is 5.88. The van der Waals surface area contributed by atoms with Gasteiger partial charge in [0.15, 0.2) is 5.96 Å². The molecule has 6 heteroatoms. The summed E-state index contributed by atoms with van der Waals surface area (Å²) in [4.78, 5) is 8.38. The molecule has 4 nitrogen and oxygen atoms in total. The van der Waals surface area contributed by atoms with Gasteiger partial charge in [0.25, 0.3) is 0 Å². The maximum Gasteiger partial charge on any atom is 0.188 e. The van der Waals surface area contributed by atoms with Gasteiger partial charge in [-0.15, -0.1) is 24.0 Å². The lowest BCUT2D eigenvalue weighted by atomic mass is 9.85. The van der Waals surface area contributed by atoms with Gasteiger partial charge in [-0.05, 0) is 30.9 Å². The van der Waals surface area contributed by atoms with Crippen LogP contribution in [0.3, 0.4) is 0 Å². The molecule has 1 aliphatic carbocycles. The summed E-state index contributed by atoms with van der Waals surface area (Å²) in [7, 11) is 0. The zero-order valence-electron chi connectivity index (χ0n) is 10.1. The molecule has 0 amide bonds. The minimum Gasteiger partial charge on any atom is -0.370 e. The Morgan fingerprint density at radius 3 is 2.83 bits per heavy atom. The van der Waals surface area contributed by atoms with E-state index in [1.807, 2.05) is 6.07 Å². The fourth-order valence-electron chi connectivity index (χ4n) is 1.67. The third kappa shape index (κ3) is 4.97. The molecular weight excluding hydrogens is 363 g/mol. The lowest BCUT2D eigenvalue weighted by Crippen LogP contribution is -2.37. The Bertz CT molecular complexity index is 390. The van der Waals surface area contributed by atoms with Crippen LogP contribution in [-0.2, 0) is 6.54 Å². The highest BCUT2D eigenvalue weighted by Gasteiger charge is 2.16. The lowest BCUT2D eigenvalue weighted by Gasteiger charge is -2.25. The molecular formula is C12H18ClIN4. The van der Waals surface area contributed by atoms with Crippen LogP contribution in [0.25, 0.3) is 0 Å². The van der Waals surface area contributed by atoms with Crippen LogP contribution < -0.4 is 11.1 Å². The number of nitrogens with zero attached hydrogens (tertiary/aromatic N) is 2. The predicted molar refractivity (Wildman–Crippen MR) is 85.3 cm³/mol. The normalized spacial score (nSPS) is 15.7. The highest BCUT2D eigenvalue weighted by Crippen LogP contribution is 2.24. The topological polar surface area (TPSA) is 63.3 Å². The summed E-state index contributed by atoms with van der Waals surface area (Å²) in [5.74, 6) is 1.27. The summed E-state index contributed by atoms with van der Waals surface area (Å²) in [5.41, 5.74) is 6.63. The molecule has 1 fully saturated rings. The first kappa shape index (κ1) is 15.5. The zero-order chi connectivity index (χ0) is 12.1. The van der Waals surface area contributed by atoms with E-state index in [9.17, 15) is 0 Å². The molecule has 2 rings (SSSR count). The van der Waals surface area contributed by atoms with Crippen LogP contribution >= 0.6 is 35.6 Å². The molecule has 1 aromatic heterocycles. The van der Waals surface area contributed by atoms with E-state index in [4.69, 9.17) is 17.3 Å². The van der Waals surface area contributed by atoms with Gasteiger partial charge in [0.05, 0.1) is 17.3 Å². The summed E-state index contributed by atoms with van der Waals surface area (Å²) in [6.07, 6.45) is 5.57. The van der Waals surface area contributed by atoms with Crippen LogP contribution in [0, 0.1) is 5.92 Å². The Labute approximate surface area is 129 Å². The van der Waals surface area contributed by atoms with Gasteiger partial charge >= 0.3 is 0 Å². The highest BCUT2D eigenvalue weighted by molar-refractivity contribution is 14.0. The first-order valence-corrected chi connectivity index (χ1v) is 6.26. The minimum atomic E-state index is 0. The van der Waals surface area contributed by atoms with Gasteiger partial charge in [-0.2, -0.15) is 0 Å². The molecule has 100 valence electrons. The minimum absolute atomic E-state index is 0. The monoisotopic (exact) mass is 380 g/mol. The van der Waals surface area contributed by atoms with E-state index in [0.29, 0.717) is 17.5 Å². The van der Waals surface area contributed by atoms with Crippen LogP contribution in [0.2, 0.25) is 5.02 Å². The molecule has 0 radical (unpaired) electrons. The Morgan fingerprint density at radius 2 is 2.28 bits per heavy atom. The van der Waals surface area contributed by atoms with Crippen molar-refractivity contribution in [2.45, 2.75) is 25.8 Å². The van der Waals surface area contributed by atoms with Crippen molar-refractivity contribution < 1.29 is 0 Å². The molecule has 1 saturated carbocycles. The standard InChI is InChI=1S/C12H17ClN4.HI/c13-10-4-5-11(15-7-10)8-17-12(14)16-6-9-2-1-3-9;/h4-5,7,9H,1-3,6,8H2,(H3,14,16,17);1H. The van der Waals surface area contributed by atoms with Crippen molar-refractivity contribution in [3.63, 3.8) is 0 Å². The Hall–Kier alpha value is -0.560. The van der Waals surface area contributed by atoms with Crippen molar-refractivity contribution in [1.82, 2.24) is 10.3 Å². The fraction of sp³-hybridized carbons (Fsp3) is 0.500. The van der Waals surface area contributed by atoms with Crippen molar-refractivity contribution in [2.24, 2.45) is 16.6 Å². The molecule has 0 aliphatic heterocycles. The average Bonchev–Trinajstić information content (AvgIpc) is 2.26. The molecule has 0 spiro atoms. The van der Waals surface area contributed by atoms with Crippen molar-refractivity contribution in [1.29, 1.82) is 0 Å². The predicted octanol–water partition coefficient (Wildman–Crippen LogP) is 2.56. The third-order valence-electron chi connectivity index (χ3n) is 3.00. The van der Waals surface area contributed by atoms with Crippen LogP contribution in [-0.4, -0.2) is 17.5 Å². The number of nitrogens with one attached hydrogen (secondary N) is 1. The second kappa shape index (κ2) is 7.78. The number of aromatic nitrogens is 1. The van der Waals surface area contributed by atoms with Crippen molar-refractivity contribution in [3.05, 3.63) is 29.0 Å². The number of hydrogen-bond acceptors (Lipinski definition) is 2. The SMILES string of the molecule is I.NC(=NCc1ccc(Cl)cn1)NCC1CCC1. The van der Waals surface area contributed by atoms with Crippen LogP contribution in [0.5, 0.6) is 0 Å². The van der Waals surface area contributed by atoms with Crippen LogP contribution in [0.15, 0.2) is 23.3 Å². The van der Waals surface area contributed by atoms with Gasteiger partial charge in [-0.25, -0.2) is 4.99 Å². The molecule has 0 aromatic carbocycles. The first-order chi connectivity index (χ1) is 8.24. The van der Waals surface area contributed by atoms with Crippen LogP contribution in [0.1, 0.15) is 25.0 Å². The van der Waals surface area contributed by atoms with E-state index < -0.39 is 0 Å². The summed E-state index contributed by atoms with van der Waals surface area (Å²) >= 11 is 5.75. The Kier molecular flexibility index (Phi) is 6.70. The fourth-order valence-corrected chi connectivity index (χ4v) is 1.78. The molecule has 3 N–H and O–H groups in total. The Morgan fingerprint density at radius 1 is 1.50 bits per heavy atom. The van der Waals surface area contributed by atoms with E-state index in [-0.39, 0.29) is 24.0 Å². The van der Waals surface area contributed by atoms with Crippen LogP contribution in [0.4, 0.5) is 0 Å². The van der Waals surface area contributed by atoms with E-state index in [1.165, 1.54) is 19.3 Å². The number of nitrogens with two attached hydrogens (primary N) is 1. The molecule has 0 atom stereocenters. The van der Waals surface area contributed by atoms with Crippen molar-refractivity contribution in [2.75, 3.05) is 6.54 Å². The zero-order valence-corrected chi connectivity index (χ0v) is 13.2. The number of pyridine rings is 1. The van der Waals surface area contributed by atoms with Gasteiger partial charge in [0.2, 0.25) is 0 Å². The molecule has 0 saturated heterocycles. The van der Waals surface area contributed by atoms with Gasteiger partial charge < -0.3 is 11.1 Å². The Balaban J connectivity index is 0.00000162. The number of halogens is 2. The number of rotatable bonds is 4. The van der Waals surface area contributed by atoms with Gasteiger partial charge in [0.1, 0.15) is 0 Å². The summed E-state index contributed by atoms with van der Waals surface area (Å²) in [5, 5.41) is 3.77. The molecule has 0 unspecified atom stereocenters. The molecule has 1 aromatic rings. The average molecular weight is 381 g/mol. The van der Waals surface area contributed by atoms with Gasteiger partial charge in [0, 0.05) is 12.7 Å². The summed E-state index contributed by atoms with van der Waals surface area (Å²) in [6, 6.07) is 3.66.